The number of hydrogen-bond donors (Lipinski definition) is 1. The highest BCUT2D eigenvalue weighted by atomic mass is 16.2. The molecule has 5 rings (SSSR count). The Labute approximate surface area is 156 Å². The molecule has 2 atom stereocenters. The quantitative estimate of drug-likeness (QED) is 0.904. The standard InChI is InChI=1S/C21H30N4O/c22-18-4-3-13-24-19(18)14-25(20(24)26)17-7-5-16(6-8-17)21(9-10-21)15-23-11-1-2-12-23/h5-8,18-19H,1-4,9-15,22H2/t18-,19-/m1/s1. The summed E-state index contributed by atoms with van der Waals surface area (Å²) in [4.78, 5) is 19.3. The normalized spacial score (nSPS) is 30.7. The van der Waals surface area contributed by atoms with Gasteiger partial charge in [-0.05, 0) is 69.3 Å². The molecule has 0 aromatic heterocycles. The van der Waals surface area contributed by atoms with Crippen molar-refractivity contribution < 1.29 is 4.79 Å². The van der Waals surface area contributed by atoms with Crippen molar-refractivity contribution in [2.75, 3.05) is 37.6 Å². The van der Waals surface area contributed by atoms with Crippen LogP contribution in [0.2, 0.25) is 0 Å². The summed E-state index contributed by atoms with van der Waals surface area (Å²) in [5, 5.41) is 0. The number of amides is 2. The van der Waals surface area contributed by atoms with Gasteiger partial charge in [0.15, 0.2) is 0 Å². The van der Waals surface area contributed by atoms with E-state index in [1.807, 2.05) is 9.80 Å². The van der Waals surface area contributed by atoms with Crippen LogP contribution in [-0.4, -0.2) is 60.6 Å². The molecule has 1 aromatic carbocycles. The van der Waals surface area contributed by atoms with Crippen molar-refractivity contribution in [3.05, 3.63) is 29.8 Å². The number of nitrogens with zero attached hydrogens (tertiary/aromatic N) is 3. The SMILES string of the molecule is N[C@@H]1CCCN2C(=O)N(c3ccc(C4(CN5CCCC5)CC4)cc3)C[C@H]12. The van der Waals surface area contributed by atoms with Crippen molar-refractivity contribution in [2.45, 2.75) is 56.0 Å². The summed E-state index contributed by atoms with van der Waals surface area (Å²) in [6, 6.07) is 9.28. The molecule has 5 nitrogen and oxygen atoms in total. The van der Waals surface area contributed by atoms with Crippen LogP contribution in [-0.2, 0) is 5.41 Å². The first-order valence-electron chi connectivity index (χ1n) is 10.3. The van der Waals surface area contributed by atoms with Crippen LogP contribution in [0.25, 0.3) is 0 Å². The summed E-state index contributed by atoms with van der Waals surface area (Å²) in [6.45, 7) is 5.32. The van der Waals surface area contributed by atoms with Gasteiger partial charge in [-0.15, -0.1) is 0 Å². The van der Waals surface area contributed by atoms with Crippen molar-refractivity contribution in [2.24, 2.45) is 5.73 Å². The molecule has 5 heteroatoms. The van der Waals surface area contributed by atoms with Gasteiger partial charge in [-0.1, -0.05) is 12.1 Å². The summed E-state index contributed by atoms with van der Waals surface area (Å²) in [5.74, 6) is 0. The molecular weight excluding hydrogens is 324 g/mol. The van der Waals surface area contributed by atoms with Crippen molar-refractivity contribution >= 4 is 11.7 Å². The third-order valence-corrected chi connectivity index (χ3v) is 7.05. The van der Waals surface area contributed by atoms with E-state index in [2.05, 4.69) is 29.2 Å². The van der Waals surface area contributed by atoms with Crippen molar-refractivity contribution in [3.8, 4) is 0 Å². The van der Waals surface area contributed by atoms with Crippen LogP contribution in [0.5, 0.6) is 0 Å². The van der Waals surface area contributed by atoms with Gasteiger partial charge in [0.25, 0.3) is 0 Å². The van der Waals surface area contributed by atoms with E-state index in [1.54, 1.807) is 0 Å². The fraction of sp³-hybridized carbons (Fsp3) is 0.667. The summed E-state index contributed by atoms with van der Waals surface area (Å²) >= 11 is 0. The van der Waals surface area contributed by atoms with Crippen LogP contribution in [0, 0.1) is 0 Å². The van der Waals surface area contributed by atoms with Crippen LogP contribution in [0.15, 0.2) is 24.3 Å². The lowest BCUT2D eigenvalue weighted by Crippen LogP contribution is -2.50. The zero-order valence-corrected chi connectivity index (χ0v) is 15.6. The van der Waals surface area contributed by atoms with Crippen LogP contribution in [0.4, 0.5) is 10.5 Å². The highest BCUT2D eigenvalue weighted by molar-refractivity contribution is 5.94. The molecule has 1 aliphatic carbocycles. The average Bonchev–Trinajstić information content (AvgIpc) is 3.09. The fourth-order valence-corrected chi connectivity index (χ4v) is 5.25. The Bertz CT molecular complexity index is 678. The van der Waals surface area contributed by atoms with Crippen molar-refractivity contribution in [1.82, 2.24) is 9.80 Å². The molecular formula is C21H30N4O. The molecule has 26 heavy (non-hydrogen) atoms. The first kappa shape index (κ1) is 16.6. The van der Waals surface area contributed by atoms with Crippen LogP contribution >= 0.6 is 0 Å². The zero-order valence-electron chi connectivity index (χ0n) is 15.6. The smallest absolute Gasteiger partial charge is 0.324 e. The molecule has 3 aliphatic heterocycles. The first-order chi connectivity index (χ1) is 12.7. The second kappa shape index (κ2) is 6.24. The minimum atomic E-state index is 0.118. The molecule has 4 aliphatic rings. The molecule has 0 spiro atoms. The van der Waals surface area contributed by atoms with Crippen LogP contribution in [0.1, 0.15) is 44.1 Å². The van der Waals surface area contributed by atoms with E-state index in [1.165, 1.54) is 50.9 Å². The van der Waals surface area contributed by atoms with E-state index in [0.717, 1.165) is 31.6 Å². The number of rotatable bonds is 4. The Kier molecular flexibility index (Phi) is 3.98. The number of carbonyl (C=O) groups is 1. The number of fused-ring (bicyclic) bond motifs is 1. The molecule has 2 N–H and O–H groups in total. The molecule has 1 aromatic rings. The molecule has 0 radical (unpaired) electrons. The Morgan fingerprint density at radius 3 is 2.42 bits per heavy atom. The molecule has 0 bridgehead atoms. The van der Waals surface area contributed by atoms with Gasteiger partial charge >= 0.3 is 6.03 Å². The minimum absolute atomic E-state index is 0.118. The van der Waals surface area contributed by atoms with E-state index < -0.39 is 0 Å². The highest BCUT2D eigenvalue weighted by Gasteiger charge is 2.46. The Hall–Kier alpha value is -1.59. The Morgan fingerprint density at radius 2 is 1.77 bits per heavy atom. The summed E-state index contributed by atoms with van der Waals surface area (Å²) in [7, 11) is 0. The van der Waals surface area contributed by atoms with E-state index in [0.29, 0.717) is 5.41 Å². The van der Waals surface area contributed by atoms with E-state index in [4.69, 9.17) is 5.73 Å². The van der Waals surface area contributed by atoms with Crippen molar-refractivity contribution in [1.29, 1.82) is 0 Å². The second-order valence-electron chi connectivity index (χ2n) is 8.77. The zero-order chi connectivity index (χ0) is 17.7. The molecule has 3 saturated heterocycles. The lowest BCUT2D eigenvalue weighted by Gasteiger charge is -2.32. The third-order valence-electron chi connectivity index (χ3n) is 7.05. The molecule has 1 saturated carbocycles. The van der Waals surface area contributed by atoms with Gasteiger partial charge in [0.05, 0.1) is 6.04 Å². The van der Waals surface area contributed by atoms with Gasteiger partial charge in [-0.3, -0.25) is 4.90 Å². The summed E-state index contributed by atoms with van der Waals surface area (Å²) in [6.07, 6.45) is 7.36. The number of nitrogens with two attached hydrogens (primary N) is 1. The van der Waals surface area contributed by atoms with Gasteiger partial charge in [-0.25, -0.2) is 4.79 Å². The van der Waals surface area contributed by atoms with E-state index in [9.17, 15) is 4.79 Å². The number of likely N-dealkylation sites (tertiary alicyclic amines) is 1. The summed E-state index contributed by atoms with van der Waals surface area (Å²) < 4.78 is 0. The van der Waals surface area contributed by atoms with Crippen LogP contribution < -0.4 is 10.6 Å². The maximum atomic E-state index is 12.8. The van der Waals surface area contributed by atoms with E-state index in [-0.39, 0.29) is 18.1 Å². The maximum absolute atomic E-state index is 12.8. The lowest BCUT2D eigenvalue weighted by molar-refractivity contribution is 0.175. The topological polar surface area (TPSA) is 52.8 Å². The third kappa shape index (κ3) is 2.72. The fourth-order valence-electron chi connectivity index (χ4n) is 5.25. The van der Waals surface area contributed by atoms with Gasteiger partial charge in [0.1, 0.15) is 0 Å². The molecule has 3 heterocycles. The number of hydrogen-bond acceptors (Lipinski definition) is 3. The monoisotopic (exact) mass is 354 g/mol. The van der Waals surface area contributed by atoms with E-state index >= 15 is 0 Å². The first-order valence-corrected chi connectivity index (χ1v) is 10.3. The average molecular weight is 354 g/mol. The number of piperidine rings is 1. The van der Waals surface area contributed by atoms with Gasteiger partial charge in [0, 0.05) is 36.8 Å². The van der Waals surface area contributed by atoms with Gasteiger partial charge in [-0.2, -0.15) is 0 Å². The number of benzene rings is 1. The van der Waals surface area contributed by atoms with Crippen molar-refractivity contribution in [3.63, 3.8) is 0 Å². The molecule has 140 valence electrons. The van der Waals surface area contributed by atoms with Crippen LogP contribution in [0.3, 0.4) is 0 Å². The van der Waals surface area contributed by atoms with Gasteiger partial charge in [0.2, 0.25) is 0 Å². The summed E-state index contributed by atoms with van der Waals surface area (Å²) in [5.41, 5.74) is 9.12. The van der Waals surface area contributed by atoms with Gasteiger partial charge < -0.3 is 15.5 Å². The lowest BCUT2D eigenvalue weighted by atomic mass is 9.95. The Balaban J connectivity index is 1.32. The largest absolute Gasteiger partial charge is 0.326 e. The number of anilines is 1. The predicted molar refractivity (Wildman–Crippen MR) is 103 cm³/mol. The predicted octanol–water partition coefficient (Wildman–Crippen LogP) is 2.55. The number of carbonyl (C=O) groups excluding carboxylic acids is 1. The highest BCUT2D eigenvalue weighted by Crippen LogP contribution is 2.49. The molecule has 4 fully saturated rings. The molecule has 0 unspecified atom stereocenters. The Morgan fingerprint density at radius 1 is 1.04 bits per heavy atom. The molecule has 2 amide bonds. The number of urea groups is 1. The minimum Gasteiger partial charge on any atom is -0.326 e. The maximum Gasteiger partial charge on any atom is 0.324 e. The second-order valence-corrected chi connectivity index (χ2v) is 8.77.